The molecule has 0 bridgehead atoms. The van der Waals surface area contributed by atoms with Crippen molar-refractivity contribution < 1.29 is 22.7 Å². The van der Waals surface area contributed by atoms with Gasteiger partial charge in [-0.15, -0.1) is 0 Å². The number of amides is 1. The summed E-state index contributed by atoms with van der Waals surface area (Å²) in [5.41, 5.74) is 0.687. The van der Waals surface area contributed by atoms with E-state index in [9.17, 15) is 18.0 Å². The smallest absolute Gasteiger partial charge is 0.340 e. The topological polar surface area (TPSA) is 102 Å². The number of carbonyl (C=O) groups excluding carboxylic acids is 2. The van der Waals surface area contributed by atoms with Crippen molar-refractivity contribution in [3.05, 3.63) is 63.6 Å². The fourth-order valence-corrected chi connectivity index (χ4v) is 4.62. The molecule has 2 N–H and O–H groups in total. The molecule has 31 heavy (non-hydrogen) atoms. The highest BCUT2D eigenvalue weighted by molar-refractivity contribution is 7.89. The van der Waals surface area contributed by atoms with Gasteiger partial charge in [0.25, 0.3) is 5.91 Å². The van der Waals surface area contributed by atoms with E-state index < -0.39 is 28.5 Å². The average Bonchev–Trinajstić information content (AvgIpc) is 2.71. The van der Waals surface area contributed by atoms with E-state index in [0.29, 0.717) is 0 Å². The molecule has 0 saturated heterocycles. The van der Waals surface area contributed by atoms with Crippen LogP contribution in [-0.4, -0.2) is 33.4 Å². The number of carbonyl (C=O) groups is 2. The first kappa shape index (κ1) is 25.1. The number of hydrogen-bond donors (Lipinski definition) is 2. The third-order valence-electron chi connectivity index (χ3n) is 4.22. The van der Waals surface area contributed by atoms with Crippen LogP contribution in [0.2, 0.25) is 10.0 Å². The molecule has 0 heterocycles. The van der Waals surface area contributed by atoms with Crippen LogP contribution in [0.15, 0.2) is 47.4 Å². The Hall–Kier alpha value is -2.13. The highest BCUT2D eigenvalue weighted by atomic mass is 35.5. The molecule has 0 fully saturated rings. The van der Waals surface area contributed by atoms with Gasteiger partial charge >= 0.3 is 5.97 Å². The molecule has 0 saturated carbocycles. The summed E-state index contributed by atoms with van der Waals surface area (Å²) in [6.45, 7) is 5.13. The van der Waals surface area contributed by atoms with E-state index in [1.807, 2.05) is 44.2 Å². The zero-order valence-electron chi connectivity index (χ0n) is 17.3. The van der Waals surface area contributed by atoms with E-state index in [1.165, 1.54) is 0 Å². The average molecular weight is 487 g/mol. The summed E-state index contributed by atoms with van der Waals surface area (Å²) < 4.78 is 32.5. The van der Waals surface area contributed by atoms with E-state index in [0.717, 1.165) is 17.7 Å². The number of ether oxygens (including phenoxy) is 1. The van der Waals surface area contributed by atoms with Crippen LogP contribution in [0.1, 0.15) is 42.7 Å². The van der Waals surface area contributed by atoms with E-state index in [2.05, 4.69) is 10.0 Å². The summed E-state index contributed by atoms with van der Waals surface area (Å²) in [5, 5.41) is 2.49. The van der Waals surface area contributed by atoms with Gasteiger partial charge in [-0.25, -0.2) is 17.9 Å². The summed E-state index contributed by atoms with van der Waals surface area (Å²) in [4.78, 5) is 24.3. The number of sulfonamides is 1. The fraction of sp³-hybridized carbons (Fsp3) is 0.333. The molecule has 0 aliphatic heterocycles. The summed E-state index contributed by atoms with van der Waals surface area (Å²) in [6.07, 6.45) is 0. The van der Waals surface area contributed by atoms with Crippen LogP contribution in [0.5, 0.6) is 0 Å². The lowest BCUT2D eigenvalue weighted by atomic mass is 10.1. The predicted octanol–water partition coefficient (Wildman–Crippen LogP) is 3.96. The van der Waals surface area contributed by atoms with Crippen molar-refractivity contribution in [2.24, 2.45) is 5.92 Å². The quantitative estimate of drug-likeness (QED) is 0.522. The minimum Gasteiger partial charge on any atom is -0.452 e. The van der Waals surface area contributed by atoms with Gasteiger partial charge in [-0.2, -0.15) is 0 Å². The lowest BCUT2D eigenvalue weighted by Gasteiger charge is -2.15. The van der Waals surface area contributed by atoms with Crippen LogP contribution in [0, 0.1) is 5.92 Å². The molecule has 10 heteroatoms. The van der Waals surface area contributed by atoms with Crippen molar-refractivity contribution in [3.63, 3.8) is 0 Å². The number of rotatable bonds is 9. The van der Waals surface area contributed by atoms with Gasteiger partial charge in [-0.05, 0) is 30.5 Å². The molecular weight excluding hydrogens is 463 g/mol. The molecular formula is C21H24Cl2N2O5S. The number of hydrogen-bond acceptors (Lipinski definition) is 5. The molecule has 1 amide bonds. The lowest BCUT2D eigenvalue weighted by Crippen LogP contribution is -2.31. The van der Waals surface area contributed by atoms with Crippen LogP contribution in [0.4, 0.5) is 0 Å². The second-order valence-corrected chi connectivity index (χ2v) is 9.83. The Kier molecular flexibility index (Phi) is 8.88. The van der Waals surface area contributed by atoms with Gasteiger partial charge in [0, 0.05) is 6.54 Å². The molecule has 0 radical (unpaired) electrons. The molecule has 2 rings (SSSR count). The van der Waals surface area contributed by atoms with Gasteiger partial charge in [-0.1, -0.05) is 67.4 Å². The standard InChI is InChI=1S/C21H24Cl2N2O5S/c1-13(2)11-24-31(28,29)19-9-16(17(22)10-18(19)23)21(27)30-12-20(26)25-14(3)15-7-5-4-6-8-15/h4-10,13-14,24H,11-12H2,1-3H3,(H,25,26)/t14-/m1/s1. The molecule has 168 valence electrons. The number of esters is 1. The monoisotopic (exact) mass is 486 g/mol. The molecule has 1 atom stereocenters. The summed E-state index contributed by atoms with van der Waals surface area (Å²) in [6, 6.07) is 11.2. The van der Waals surface area contributed by atoms with E-state index in [1.54, 1.807) is 6.92 Å². The van der Waals surface area contributed by atoms with Crippen molar-refractivity contribution in [1.82, 2.24) is 10.0 Å². The van der Waals surface area contributed by atoms with E-state index in [-0.39, 0.29) is 39.0 Å². The Labute approximate surface area is 192 Å². The number of benzene rings is 2. The van der Waals surface area contributed by atoms with Gasteiger partial charge in [0.05, 0.1) is 21.7 Å². The van der Waals surface area contributed by atoms with Crippen molar-refractivity contribution in [2.45, 2.75) is 31.7 Å². The Morgan fingerprint density at radius 2 is 1.68 bits per heavy atom. The van der Waals surface area contributed by atoms with Crippen LogP contribution in [0.25, 0.3) is 0 Å². The number of halogens is 2. The SMILES string of the molecule is CC(C)CNS(=O)(=O)c1cc(C(=O)OCC(=O)N[C@H](C)c2ccccc2)c(Cl)cc1Cl. The lowest BCUT2D eigenvalue weighted by molar-refractivity contribution is -0.124. The fourth-order valence-electron chi connectivity index (χ4n) is 2.56. The van der Waals surface area contributed by atoms with Crippen LogP contribution in [-0.2, 0) is 19.6 Å². The van der Waals surface area contributed by atoms with Crippen molar-refractivity contribution >= 4 is 45.1 Å². The second kappa shape index (κ2) is 10.9. The molecule has 0 spiro atoms. The maximum atomic E-state index is 12.5. The normalized spacial score (nSPS) is 12.5. The summed E-state index contributed by atoms with van der Waals surface area (Å²) in [7, 11) is -3.96. The summed E-state index contributed by atoms with van der Waals surface area (Å²) in [5.74, 6) is -1.38. The maximum absolute atomic E-state index is 12.5. The highest BCUT2D eigenvalue weighted by Gasteiger charge is 2.24. The molecule has 2 aromatic carbocycles. The first-order chi connectivity index (χ1) is 14.5. The molecule has 0 aliphatic carbocycles. The number of nitrogens with one attached hydrogen (secondary N) is 2. The van der Waals surface area contributed by atoms with Crippen LogP contribution < -0.4 is 10.0 Å². The van der Waals surface area contributed by atoms with Gasteiger partial charge in [0.2, 0.25) is 10.0 Å². The van der Waals surface area contributed by atoms with E-state index in [4.69, 9.17) is 27.9 Å². The van der Waals surface area contributed by atoms with Crippen molar-refractivity contribution in [2.75, 3.05) is 13.2 Å². The van der Waals surface area contributed by atoms with E-state index >= 15 is 0 Å². The van der Waals surface area contributed by atoms with Crippen LogP contribution in [0.3, 0.4) is 0 Å². The predicted molar refractivity (Wildman–Crippen MR) is 120 cm³/mol. The summed E-state index contributed by atoms with van der Waals surface area (Å²) >= 11 is 12.1. The Morgan fingerprint density at radius 3 is 2.29 bits per heavy atom. The Balaban J connectivity index is 2.08. The maximum Gasteiger partial charge on any atom is 0.340 e. The highest BCUT2D eigenvalue weighted by Crippen LogP contribution is 2.29. The molecule has 0 aromatic heterocycles. The third kappa shape index (κ3) is 7.21. The van der Waals surface area contributed by atoms with Gasteiger partial charge < -0.3 is 10.1 Å². The Bertz CT molecular complexity index is 1040. The van der Waals surface area contributed by atoms with Gasteiger partial charge in [0.1, 0.15) is 4.90 Å². The largest absolute Gasteiger partial charge is 0.452 e. The zero-order chi connectivity index (χ0) is 23.2. The third-order valence-corrected chi connectivity index (χ3v) is 6.42. The molecule has 0 aliphatic rings. The van der Waals surface area contributed by atoms with Crippen LogP contribution >= 0.6 is 23.2 Å². The van der Waals surface area contributed by atoms with Crippen molar-refractivity contribution in [3.8, 4) is 0 Å². The Morgan fingerprint density at radius 1 is 1.03 bits per heavy atom. The molecule has 7 nitrogen and oxygen atoms in total. The van der Waals surface area contributed by atoms with Gasteiger partial charge in [0.15, 0.2) is 6.61 Å². The molecule has 2 aromatic rings. The zero-order valence-corrected chi connectivity index (χ0v) is 19.6. The first-order valence-corrected chi connectivity index (χ1v) is 11.7. The van der Waals surface area contributed by atoms with Gasteiger partial charge in [-0.3, -0.25) is 4.79 Å². The van der Waals surface area contributed by atoms with Crippen molar-refractivity contribution in [1.29, 1.82) is 0 Å². The molecule has 0 unspecified atom stereocenters. The second-order valence-electron chi connectivity index (χ2n) is 7.28. The minimum absolute atomic E-state index is 0.0714. The minimum atomic E-state index is -3.96. The first-order valence-electron chi connectivity index (χ1n) is 9.51.